The van der Waals surface area contributed by atoms with Gasteiger partial charge in [0.1, 0.15) is 0 Å². The van der Waals surface area contributed by atoms with Crippen LogP contribution in [0.15, 0.2) is 24.3 Å². The van der Waals surface area contributed by atoms with Gasteiger partial charge in [-0.15, -0.1) is 0 Å². The number of para-hydroxylation sites is 1. The Morgan fingerprint density at radius 2 is 2.07 bits per heavy atom. The predicted molar refractivity (Wildman–Crippen MR) is 65.6 cm³/mol. The molecule has 0 spiro atoms. The van der Waals surface area contributed by atoms with Gasteiger partial charge in [-0.1, -0.05) is 32.0 Å². The highest BCUT2D eigenvalue weighted by molar-refractivity contribution is 5.54. The molecule has 82 valence electrons. The van der Waals surface area contributed by atoms with Crippen molar-refractivity contribution >= 4 is 12.0 Å². The molecule has 0 fully saturated rings. The van der Waals surface area contributed by atoms with Crippen molar-refractivity contribution in [2.24, 2.45) is 0 Å². The van der Waals surface area contributed by atoms with Gasteiger partial charge >= 0.3 is 0 Å². The molecule has 3 heteroatoms. The Labute approximate surface area is 91.6 Å². The topological polar surface area (TPSA) is 39.1 Å². The molecule has 0 heterocycles. The van der Waals surface area contributed by atoms with Gasteiger partial charge in [0.05, 0.1) is 13.0 Å². The summed E-state index contributed by atoms with van der Waals surface area (Å²) in [5.74, 6) is 0.513. The van der Waals surface area contributed by atoms with Gasteiger partial charge in [0.2, 0.25) is 0 Å². The van der Waals surface area contributed by atoms with E-state index in [4.69, 9.17) is 5.41 Å². The minimum absolute atomic E-state index is 0.513. The van der Waals surface area contributed by atoms with Crippen LogP contribution in [0.4, 0.5) is 5.69 Å². The lowest BCUT2D eigenvalue weighted by molar-refractivity contribution is 0.556. The summed E-state index contributed by atoms with van der Waals surface area (Å²) in [5.41, 5.74) is 2.47. The van der Waals surface area contributed by atoms with Crippen LogP contribution in [0, 0.1) is 5.41 Å². The van der Waals surface area contributed by atoms with Gasteiger partial charge in [-0.2, -0.15) is 0 Å². The highest BCUT2D eigenvalue weighted by atomic mass is 15.2. The van der Waals surface area contributed by atoms with Gasteiger partial charge in [-0.3, -0.25) is 5.41 Å². The normalized spacial score (nSPS) is 10.1. The minimum atomic E-state index is 0.513. The van der Waals surface area contributed by atoms with Crippen LogP contribution < -0.4 is 5.32 Å². The SMILES string of the molecule is CC(C)c1ccccc1NCN(C)C=N. The summed E-state index contributed by atoms with van der Waals surface area (Å²) in [4.78, 5) is 1.79. The third-order valence-corrected chi connectivity index (χ3v) is 2.32. The lowest BCUT2D eigenvalue weighted by atomic mass is 10.0. The van der Waals surface area contributed by atoms with E-state index in [9.17, 15) is 0 Å². The summed E-state index contributed by atoms with van der Waals surface area (Å²) in [6.45, 7) is 5.02. The average molecular weight is 205 g/mol. The van der Waals surface area contributed by atoms with Gasteiger partial charge in [0.25, 0.3) is 0 Å². The van der Waals surface area contributed by atoms with Crippen LogP contribution >= 0.6 is 0 Å². The first-order valence-electron chi connectivity index (χ1n) is 5.18. The van der Waals surface area contributed by atoms with Crippen molar-refractivity contribution in [3.63, 3.8) is 0 Å². The maximum Gasteiger partial charge on any atom is 0.0881 e. The second-order valence-corrected chi connectivity index (χ2v) is 3.96. The van der Waals surface area contributed by atoms with Crippen molar-refractivity contribution in [2.45, 2.75) is 19.8 Å². The largest absolute Gasteiger partial charge is 0.368 e. The Morgan fingerprint density at radius 3 is 2.67 bits per heavy atom. The molecule has 0 atom stereocenters. The monoisotopic (exact) mass is 205 g/mol. The molecule has 0 saturated heterocycles. The Morgan fingerprint density at radius 1 is 1.40 bits per heavy atom. The molecule has 0 aliphatic carbocycles. The first kappa shape index (κ1) is 11.6. The standard InChI is InChI=1S/C12H19N3/c1-10(2)11-6-4-5-7-12(11)14-9-15(3)8-13/h4-8,10,13-14H,9H2,1-3H3. The van der Waals surface area contributed by atoms with Crippen LogP contribution in [0.2, 0.25) is 0 Å². The van der Waals surface area contributed by atoms with E-state index in [1.165, 1.54) is 11.9 Å². The second-order valence-electron chi connectivity index (χ2n) is 3.96. The third-order valence-electron chi connectivity index (χ3n) is 2.32. The molecule has 0 bridgehead atoms. The number of nitrogens with zero attached hydrogens (tertiary/aromatic N) is 1. The Hall–Kier alpha value is -1.51. The van der Waals surface area contributed by atoms with E-state index >= 15 is 0 Å². The zero-order chi connectivity index (χ0) is 11.3. The molecule has 0 saturated carbocycles. The van der Waals surface area contributed by atoms with Crippen molar-refractivity contribution in [3.8, 4) is 0 Å². The molecule has 3 nitrogen and oxygen atoms in total. The molecule has 1 aromatic carbocycles. The van der Waals surface area contributed by atoms with Gasteiger partial charge in [-0.25, -0.2) is 0 Å². The average Bonchev–Trinajstić information content (AvgIpc) is 2.26. The molecule has 0 aromatic heterocycles. The van der Waals surface area contributed by atoms with E-state index in [2.05, 4.69) is 37.4 Å². The molecule has 2 N–H and O–H groups in total. The van der Waals surface area contributed by atoms with Gasteiger partial charge in [0, 0.05) is 12.7 Å². The number of hydrogen-bond acceptors (Lipinski definition) is 2. The van der Waals surface area contributed by atoms with Crippen LogP contribution in [0.1, 0.15) is 25.3 Å². The fourth-order valence-corrected chi connectivity index (χ4v) is 1.42. The number of anilines is 1. The Bertz CT molecular complexity index is 320. The summed E-state index contributed by atoms with van der Waals surface area (Å²) < 4.78 is 0. The molecule has 0 aliphatic rings. The van der Waals surface area contributed by atoms with E-state index in [1.54, 1.807) is 4.90 Å². The van der Waals surface area contributed by atoms with Crippen molar-refractivity contribution in [2.75, 3.05) is 19.0 Å². The summed E-state index contributed by atoms with van der Waals surface area (Å²) in [7, 11) is 1.87. The summed E-state index contributed by atoms with van der Waals surface area (Å²) in [6.07, 6.45) is 1.31. The van der Waals surface area contributed by atoms with E-state index < -0.39 is 0 Å². The summed E-state index contributed by atoms with van der Waals surface area (Å²) >= 11 is 0. The molecule has 1 rings (SSSR count). The highest BCUT2D eigenvalue weighted by Gasteiger charge is 2.04. The van der Waals surface area contributed by atoms with E-state index in [0.717, 1.165) is 5.69 Å². The lowest BCUT2D eigenvalue weighted by Gasteiger charge is -2.18. The van der Waals surface area contributed by atoms with E-state index in [0.29, 0.717) is 12.6 Å². The molecule has 0 aliphatic heterocycles. The molecule has 0 amide bonds. The van der Waals surface area contributed by atoms with Crippen molar-refractivity contribution in [1.29, 1.82) is 5.41 Å². The van der Waals surface area contributed by atoms with Gasteiger partial charge < -0.3 is 10.2 Å². The van der Waals surface area contributed by atoms with Crippen molar-refractivity contribution < 1.29 is 0 Å². The Balaban J connectivity index is 2.71. The quantitative estimate of drug-likeness (QED) is 0.441. The fourth-order valence-electron chi connectivity index (χ4n) is 1.42. The molecular formula is C12H19N3. The molecule has 0 radical (unpaired) electrons. The molecule has 0 unspecified atom stereocenters. The van der Waals surface area contributed by atoms with Crippen molar-refractivity contribution in [1.82, 2.24) is 4.90 Å². The highest BCUT2D eigenvalue weighted by Crippen LogP contribution is 2.23. The van der Waals surface area contributed by atoms with Crippen molar-refractivity contribution in [3.05, 3.63) is 29.8 Å². The maximum atomic E-state index is 7.07. The molecule has 15 heavy (non-hydrogen) atoms. The fraction of sp³-hybridized carbons (Fsp3) is 0.417. The van der Waals surface area contributed by atoms with Crippen LogP contribution in [0.25, 0.3) is 0 Å². The summed E-state index contributed by atoms with van der Waals surface area (Å²) in [6, 6.07) is 8.30. The lowest BCUT2D eigenvalue weighted by Crippen LogP contribution is -2.23. The number of hydrogen-bond donors (Lipinski definition) is 2. The maximum absolute atomic E-state index is 7.07. The van der Waals surface area contributed by atoms with Crippen LogP contribution in [-0.2, 0) is 0 Å². The number of benzene rings is 1. The minimum Gasteiger partial charge on any atom is -0.368 e. The summed E-state index contributed by atoms with van der Waals surface area (Å²) in [5, 5.41) is 10.4. The number of rotatable bonds is 5. The van der Waals surface area contributed by atoms with Crippen LogP contribution in [-0.4, -0.2) is 25.0 Å². The Kier molecular flexibility index (Phi) is 4.16. The molecule has 1 aromatic rings. The van der Waals surface area contributed by atoms with E-state index in [1.807, 2.05) is 13.1 Å². The first-order chi connectivity index (χ1) is 7.15. The third kappa shape index (κ3) is 3.27. The van der Waals surface area contributed by atoms with Crippen LogP contribution in [0.3, 0.4) is 0 Å². The zero-order valence-corrected chi connectivity index (χ0v) is 9.62. The van der Waals surface area contributed by atoms with Crippen LogP contribution in [0.5, 0.6) is 0 Å². The smallest absolute Gasteiger partial charge is 0.0881 e. The molecular weight excluding hydrogens is 186 g/mol. The zero-order valence-electron chi connectivity index (χ0n) is 9.62. The van der Waals surface area contributed by atoms with E-state index in [-0.39, 0.29) is 0 Å². The van der Waals surface area contributed by atoms with Gasteiger partial charge in [-0.05, 0) is 17.5 Å². The number of nitrogens with one attached hydrogen (secondary N) is 2. The first-order valence-corrected chi connectivity index (χ1v) is 5.18. The second kappa shape index (κ2) is 5.39. The van der Waals surface area contributed by atoms with Gasteiger partial charge in [0.15, 0.2) is 0 Å². The predicted octanol–water partition coefficient (Wildman–Crippen LogP) is 2.72.